The Kier molecular flexibility index (Phi) is 6.98. The Labute approximate surface area is 82.6 Å². The van der Waals surface area contributed by atoms with Crippen molar-refractivity contribution >= 4 is 36.4 Å². The quantitative estimate of drug-likeness (QED) is 0.622. The van der Waals surface area contributed by atoms with Gasteiger partial charge in [0.15, 0.2) is 0 Å². The summed E-state index contributed by atoms with van der Waals surface area (Å²) in [5.74, 6) is -0.248. The Morgan fingerprint density at radius 3 is 2.18 bits per heavy atom. The third-order valence-electron chi connectivity index (χ3n) is 1.20. The zero-order valence-corrected chi connectivity index (χ0v) is 8.19. The molecular formula is C7H8Cl3F. The highest BCUT2D eigenvalue weighted by atomic mass is 35.5. The highest BCUT2D eigenvalue weighted by Gasteiger charge is 1.97. The van der Waals surface area contributed by atoms with Crippen molar-refractivity contribution in [1.29, 1.82) is 0 Å². The van der Waals surface area contributed by atoms with E-state index in [2.05, 4.69) is 0 Å². The van der Waals surface area contributed by atoms with Gasteiger partial charge in [-0.3, -0.25) is 0 Å². The third kappa shape index (κ3) is 3.28. The van der Waals surface area contributed by atoms with Gasteiger partial charge in [0.05, 0.1) is 0 Å². The molecule has 4 heteroatoms. The molecule has 0 aromatic heterocycles. The first-order valence-electron chi connectivity index (χ1n) is 2.62. The Balaban J connectivity index is 0. The number of halogens is 4. The molecule has 1 aromatic carbocycles. The van der Waals surface area contributed by atoms with Crippen LogP contribution in [-0.2, 0) is 0 Å². The number of hydrogen-bond acceptors (Lipinski definition) is 0. The molecule has 0 bridgehead atoms. The van der Waals surface area contributed by atoms with Gasteiger partial charge in [-0.15, -0.1) is 24.8 Å². The summed E-state index contributed by atoms with van der Waals surface area (Å²) in [6.07, 6.45) is 0. The molecule has 0 radical (unpaired) electrons. The van der Waals surface area contributed by atoms with E-state index < -0.39 is 0 Å². The molecule has 11 heavy (non-hydrogen) atoms. The second kappa shape index (κ2) is 5.64. The summed E-state index contributed by atoms with van der Waals surface area (Å²) >= 11 is 5.57. The molecule has 0 heterocycles. The van der Waals surface area contributed by atoms with Crippen molar-refractivity contribution in [3.8, 4) is 0 Å². The van der Waals surface area contributed by atoms with Crippen LogP contribution in [0, 0.1) is 12.7 Å². The van der Waals surface area contributed by atoms with Crippen LogP contribution >= 0.6 is 36.4 Å². The van der Waals surface area contributed by atoms with Gasteiger partial charge in [-0.1, -0.05) is 17.7 Å². The Morgan fingerprint density at radius 1 is 1.27 bits per heavy atom. The van der Waals surface area contributed by atoms with E-state index in [1.54, 1.807) is 19.1 Å². The largest absolute Gasteiger partial charge is 0.207 e. The van der Waals surface area contributed by atoms with Gasteiger partial charge in [0, 0.05) is 10.6 Å². The number of rotatable bonds is 0. The molecule has 0 amide bonds. The molecule has 0 fully saturated rings. The Morgan fingerprint density at radius 2 is 1.82 bits per heavy atom. The lowest BCUT2D eigenvalue weighted by atomic mass is 10.2. The van der Waals surface area contributed by atoms with Crippen molar-refractivity contribution in [2.45, 2.75) is 6.92 Å². The van der Waals surface area contributed by atoms with Crippen LogP contribution in [0.5, 0.6) is 0 Å². The van der Waals surface area contributed by atoms with Crippen LogP contribution in [0.1, 0.15) is 5.56 Å². The third-order valence-corrected chi connectivity index (χ3v) is 1.61. The van der Waals surface area contributed by atoms with E-state index in [1.807, 2.05) is 0 Å². The molecule has 0 atom stereocenters. The number of hydrogen-bond donors (Lipinski definition) is 0. The average Bonchev–Trinajstić information content (AvgIpc) is 1.83. The predicted octanol–water partition coefficient (Wildman–Crippen LogP) is 3.63. The maximum atomic E-state index is 12.5. The van der Waals surface area contributed by atoms with Gasteiger partial charge in [-0.2, -0.15) is 0 Å². The van der Waals surface area contributed by atoms with Gasteiger partial charge in [0.1, 0.15) is 5.82 Å². The molecule has 0 unspecified atom stereocenters. The zero-order chi connectivity index (χ0) is 6.85. The fraction of sp³-hybridized carbons (Fsp3) is 0.143. The first-order valence-corrected chi connectivity index (χ1v) is 3.00. The van der Waals surface area contributed by atoms with E-state index in [4.69, 9.17) is 11.6 Å². The van der Waals surface area contributed by atoms with Crippen LogP contribution in [0.15, 0.2) is 18.2 Å². The van der Waals surface area contributed by atoms with Crippen molar-refractivity contribution in [3.05, 3.63) is 34.6 Å². The predicted molar refractivity (Wildman–Crippen MR) is 50.6 cm³/mol. The van der Waals surface area contributed by atoms with Gasteiger partial charge in [-0.25, -0.2) is 4.39 Å². The second-order valence-electron chi connectivity index (χ2n) is 1.85. The molecule has 0 spiro atoms. The minimum Gasteiger partial charge on any atom is -0.207 e. The van der Waals surface area contributed by atoms with E-state index >= 15 is 0 Å². The van der Waals surface area contributed by atoms with Crippen LogP contribution in [0.4, 0.5) is 4.39 Å². The van der Waals surface area contributed by atoms with Crippen LogP contribution in [0.3, 0.4) is 0 Å². The van der Waals surface area contributed by atoms with E-state index in [9.17, 15) is 4.39 Å². The fourth-order valence-corrected chi connectivity index (χ4v) is 0.744. The highest BCUT2D eigenvalue weighted by Crippen LogP contribution is 2.16. The summed E-state index contributed by atoms with van der Waals surface area (Å²) in [7, 11) is 0. The summed E-state index contributed by atoms with van der Waals surface area (Å²) < 4.78 is 12.5. The van der Waals surface area contributed by atoms with Crippen LogP contribution in [0.2, 0.25) is 5.02 Å². The molecule has 64 valence electrons. The van der Waals surface area contributed by atoms with Gasteiger partial charge < -0.3 is 0 Å². The lowest BCUT2D eigenvalue weighted by Crippen LogP contribution is -1.80. The molecule has 0 aliphatic rings. The van der Waals surface area contributed by atoms with Crippen LogP contribution in [0.25, 0.3) is 0 Å². The molecule has 0 aliphatic carbocycles. The molecule has 0 N–H and O–H groups in total. The molecule has 1 aromatic rings. The lowest BCUT2D eigenvalue weighted by molar-refractivity contribution is 0.618. The molecule has 1 rings (SSSR count). The van der Waals surface area contributed by atoms with E-state index in [1.165, 1.54) is 6.07 Å². The van der Waals surface area contributed by atoms with Gasteiger partial charge in [0.2, 0.25) is 0 Å². The molecule has 0 nitrogen and oxygen atoms in total. The molecule has 0 aliphatic heterocycles. The minimum atomic E-state index is -0.248. The molecule has 0 saturated heterocycles. The summed E-state index contributed by atoms with van der Waals surface area (Å²) in [4.78, 5) is 0. The lowest BCUT2D eigenvalue weighted by Gasteiger charge is -1.95. The summed E-state index contributed by atoms with van der Waals surface area (Å²) in [5, 5.41) is 0.481. The van der Waals surface area contributed by atoms with Gasteiger partial charge in [0.25, 0.3) is 0 Å². The monoisotopic (exact) mass is 216 g/mol. The van der Waals surface area contributed by atoms with Crippen molar-refractivity contribution in [3.63, 3.8) is 0 Å². The normalized spacial score (nSPS) is 7.91. The summed E-state index contributed by atoms with van der Waals surface area (Å²) in [6, 6.07) is 4.64. The SMILES string of the molecule is Cc1c(F)cccc1Cl.Cl.Cl. The maximum absolute atomic E-state index is 12.5. The van der Waals surface area contributed by atoms with Crippen molar-refractivity contribution in [1.82, 2.24) is 0 Å². The Hall–Kier alpha value is 0.0200. The molecular weight excluding hydrogens is 209 g/mol. The molecule has 0 saturated carbocycles. The minimum absolute atomic E-state index is 0. The maximum Gasteiger partial charge on any atom is 0.127 e. The number of benzene rings is 1. The fourth-order valence-electron chi connectivity index (χ4n) is 0.581. The van der Waals surface area contributed by atoms with Gasteiger partial charge >= 0.3 is 0 Å². The topological polar surface area (TPSA) is 0 Å². The highest BCUT2D eigenvalue weighted by molar-refractivity contribution is 6.31. The Bertz CT molecular complexity index is 205. The average molecular weight is 217 g/mol. The first kappa shape index (κ1) is 13.6. The van der Waals surface area contributed by atoms with Crippen molar-refractivity contribution in [2.75, 3.05) is 0 Å². The van der Waals surface area contributed by atoms with E-state index in [0.29, 0.717) is 10.6 Å². The second-order valence-corrected chi connectivity index (χ2v) is 2.25. The first-order chi connectivity index (χ1) is 4.22. The summed E-state index contributed by atoms with van der Waals surface area (Å²) in [6.45, 7) is 1.65. The van der Waals surface area contributed by atoms with Gasteiger partial charge in [-0.05, 0) is 19.1 Å². The standard InChI is InChI=1S/C7H6ClF.2ClH/c1-5-6(8)3-2-4-7(5)9;;/h2-4H,1H3;2*1H. The smallest absolute Gasteiger partial charge is 0.127 e. The van der Waals surface area contributed by atoms with Crippen LogP contribution < -0.4 is 0 Å². The van der Waals surface area contributed by atoms with E-state index in [0.717, 1.165) is 0 Å². The van der Waals surface area contributed by atoms with Crippen molar-refractivity contribution < 1.29 is 4.39 Å². The van der Waals surface area contributed by atoms with Crippen molar-refractivity contribution in [2.24, 2.45) is 0 Å². The zero-order valence-electron chi connectivity index (χ0n) is 5.80. The summed E-state index contributed by atoms with van der Waals surface area (Å²) in [5.41, 5.74) is 0.513. The van der Waals surface area contributed by atoms with E-state index in [-0.39, 0.29) is 30.6 Å². The van der Waals surface area contributed by atoms with Crippen LogP contribution in [-0.4, -0.2) is 0 Å².